The minimum atomic E-state index is -3.19. The molecule has 0 amide bonds. The van der Waals surface area contributed by atoms with E-state index in [9.17, 15) is 8.42 Å². The maximum Gasteiger partial charge on any atom is 0.279 e. The molecule has 1 rings (SSSR count). The van der Waals surface area contributed by atoms with E-state index in [0.29, 0.717) is 13.1 Å². The number of nitrogens with zero attached hydrogens (tertiary/aromatic N) is 1. The average molecular weight is 165 g/mol. The first kappa shape index (κ1) is 7.93. The topological polar surface area (TPSA) is 75.4 Å². The fourth-order valence-corrected chi connectivity index (χ4v) is 1.83. The predicted molar refractivity (Wildman–Crippen MR) is 37.5 cm³/mol. The highest BCUT2D eigenvalue weighted by molar-refractivity contribution is 7.87. The van der Waals surface area contributed by atoms with E-state index in [1.165, 1.54) is 11.4 Å². The number of nitrogens with one attached hydrogen (secondary N) is 1. The van der Waals surface area contributed by atoms with Crippen LogP contribution in [0.1, 0.15) is 0 Å². The summed E-state index contributed by atoms with van der Waals surface area (Å²) >= 11 is 0. The fourth-order valence-electron chi connectivity index (χ4n) is 0.795. The maximum absolute atomic E-state index is 10.9. The average Bonchev–Trinajstić information content (AvgIpc) is 1.81. The first-order valence-electron chi connectivity index (χ1n) is 3.00. The second-order valence-corrected chi connectivity index (χ2v) is 4.16. The third kappa shape index (κ3) is 1.29. The Hall–Kier alpha value is -0.170. The summed E-state index contributed by atoms with van der Waals surface area (Å²) in [6, 6.07) is 0.0168. The molecule has 1 aliphatic heterocycles. The molecule has 1 fully saturated rings. The van der Waals surface area contributed by atoms with Gasteiger partial charge in [0.15, 0.2) is 0 Å². The Morgan fingerprint density at radius 3 is 2.40 bits per heavy atom. The van der Waals surface area contributed by atoms with E-state index in [1.807, 2.05) is 0 Å². The molecule has 1 heterocycles. The van der Waals surface area contributed by atoms with Crippen molar-refractivity contribution in [2.45, 2.75) is 6.04 Å². The van der Waals surface area contributed by atoms with Gasteiger partial charge in [0, 0.05) is 26.2 Å². The van der Waals surface area contributed by atoms with Gasteiger partial charge in [0.25, 0.3) is 10.2 Å². The smallest absolute Gasteiger partial charge is 0.279 e. The molecule has 0 unspecified atom stereocenters. The van der Waals surface area contributed by atoms with E-state index in [4.69, 9.17) is 5.73 Å². The lowest BCUT2D eigenvalue weighted by atomic mass is 10.2. The summed E-state index contributed by atoms with van der Waals surface area (Å²) in [5.74, 6) is 0. The number of hydrogen-bond acceptors (Lipinski definition) is 3. The van der Waals surface area contributed by atoms with Crippen molar-refractivity contribution >= 4 is 10.2 Å². The molecule has 0 bridgehead atoms. The van der Waals surface area contributed by atoms with Gasteiger partial charge in [-0.3, -0.25) is 0 Å². The minimum Gasteiger partial charge on any atom is -0.325 e. The van der Waals surface area contributed by atoms with E-state index in [-0.39, 0.29) is 6.04 Å². The van der Waals surface area contributed by atoms with Crippen molar-refractivity contribution in [1.29, 1.82) is 0 Å². The number of nitrogens with two attached hydrogens (primary N) is 1. The van der Waals surface area contributed by atoms with E-state index in [0.717, 1.165) is 0 Å². The quantitative estimate of drug-likeness (QED) is 0.501. The van der Waals surface area contributed by atoms with Crippen molar-refractivity contribution in [3.05, 3.63) is 0 Å². The van der Waals surface area contributed by atoms with Crippen LogP contribution in [0.5, 0.6) is 0 Å². The lowest BCUT2D eigenvalue weighted by Crippen LogP contribution is -2.59. The SMILES string of the molecule is CNS(=O)(=O)N1CC(N)C1. The van der Waals surface area contributed by atoms with Crippen LogP contribution in [-0.2, 0) is 10.2 Å². The first-order chi connectivity index (χ1) is 4.56. The van der Waals surface area contributed by atoms with Crippen LogP contribution in [0.15, 0.2) is 0 Å². The molecule has 5 nitrogen and oxygen atoms in total. The molecule has 1 saturated heterocycles. The molecule has 1 aliphatic rings. The first-order valence-corrected chi connectivity index (χ1v) is 4.44. The van der Waals surface area contributed by atoms with Crippen molar-refractivity contribution < 1.29 is 8.42 Å². The summed E-state index contributed by atoms with van der Waals surface area (Å²) in [6.45, 7) is 0.867. The van der Waals surface area contributed by atoms with Crippen molar-refractivity contribution in [2.24, 2.45) is 5.73 Å². The molecule has 60 valence electrons. The zero-order chi connectivity index (χ0) is 7.78. The number of hydrogen-bond donors (Lipinski definition) is 2. The highest BCUT2D eigenvalue weighted by atomic mass is 32.2. The molecule has 0 spiro atoms. The Bertz CT molecular complexity index is 207. The highest BCUT2D eigenvalue weighted by Crippen LogP contribution is 2.08. The van der Waals surface area contributed by atoms with Crippen LogP contribution in [0.3, 0.4) is 0 Å². The molecule has 0 radical (unpaired) electrons. The third-order valence-electron chi connectivity index (χ3n) is 1.47. The summed E-state index contributed by atoms with van der Waals surface area (Å²) in [5.41, 5.74) is 5.39. The Labute approximate surface area is 60.4 Å². The van der Waals surface area contributed by atoms with Crippen molar-refractivity contribution in [3.8, 4) is 0 Å². The van der Waals surface area contributed by atoms with Crippen LogP contribution in [0.25, 0.3) is 0 Å². The van der Waals surface area contributed by atoms with Crippen LogP contribution in [0.2, 0.25) is 0 Å². The molecule has 10 heavy (non-hydrogen) atoms. The highest BCUT2D eigenvalue weighted by Gasteiger charge is 2.32. The monoisotopic (exact) mass is 165 g/mol. The molecule has 0 aromatic carbocycles. The van der Waals surface area contributed by atoms with Crippen LogP contribution in [-0.4, -0.2) is 38.9 Å². The molecular weight excluding hydrogens is 154 g/mol. The molecule has 6 heteroatoms. The second-order valence-electron chi connectivity index (χ2n) is 2.29. The predicted octanol–water partition coefficient (Wildman–Crippen LogP) is -1.91. The standard InChI is InChI=1S/C4H11N3O2S/c1-6-10(8,9)7-2-4(5)3-7/h4,6H,2-3,5H2,1H3. The molecule has 3 N–H and O–H groups in total. The van der Waals surface area contributed by atoms with Gasteiger partial charge in [0.1, 0.15) is 0 Å². The van der Waals surface area contributed by atoms with Crippen LogP contribution in [0.4, 0.5) is 0 Å². The molecular formula is C4H11N3O2S. The fraction of sp³-hybridized carbons (Fsp3) is 1.00. The van der Waals surface area contributed by atoms with Gasteiger partial charge < -0.3 is 5.73 Å². The number of rotatable bonds is 2. The van der Waals surface area contributed by atoms with Crippen LogP contribution in [0, 0.1) is 0 Å². The maximum atomic E-state index is 10.9. The molecule has 0 saturated carbocycles. The van der Waals surface area contributed by atoms with Crippen molar-refractivity contribution in [3.63, 3.8) is 0 Å². The van der Waals surface area contributed by atoms with E-state index >= 15 is 0 Å². The van der Waals surface area contributed by atoms with Crippen LogP contribution < -0.4 is 10.5 Å². The molecule has 0 aromatic rings. The van der Waals surface area contributed by atoms with Crippen molar-refractivity contribution in [2.75, 3.05) is 20.1 Å². The summed E-state index contributed by atoms with van der Waals surface area (Å²) in [4.78, 5) is 0. The molecule has 0 atom stereocenters. The Morgan fingerprint density at radius 1 is 1.60 bits per heavy atom. The minimum absolute atomic E-state index is 0.0168. The second kappa shape index (κ2) is 2.46. The lowest BCUT2D eigenvalue weighted by Gasteiger charge is -2.34. The van der Waals surface area contributed by atoms with Gasteiger partial charge in [0.05, 0.1) is 0 Å². The van der Waals surface area contributed by atoms with Crippen molar-refractivity contribution in [1.82, 2.24) is 9.03 Å². The van der Waals surface area contributed by atoms with Gasteiger partial charge in [-0.1, -0.05) is 0 Å². The van der Waals surface area contributed by atoms with Gasteiger partial charge in [0.2, 0.25) is 0 Å². The third-order valence-corrected chi connectivity index (χ3v) is 2.97. The zero-order valence-electron chi connectivity index (χ0n) is 5.74. The Balaban J connectivity index is 2.53. The molecule has 0 aliphatic carbocycles. The zero-order valence-corrected chi connectivity index (χ0v) is 6.56. The van der Waals surface area contributed by atoms with E-state index in [2.05, 4.69) is 4.72 Å². The Kier molecular flexibility index (Phi) is 1.95. The summed E-state index contributed by atoms with van der Waals surface area (Å²) in [6.07, 6.45) is 0. The summed E-state index contributed by atoms with van der Waals surface area (Å²) in [7, 11) is -1.80. The van der Waals surface area contributed by atoms with E-state index < -0.39 is 10.2 Å². The molecule has 0 aromatic heterocycles. The largest absolute Gasteiger partial charge is 0.325 e. The van der Waals surface area contributed by atoms with Gasteiger partial charge in [-0.05, 0) is 0 Å². The normalized spacial score (nSPS) is 22.6. The Morgan fingerprint density at radius 2 is 2.10 bits per heavy atom. The van der Waals surface area contributed by atoms with Crippen LogP contribution >= 0.6 is 0 Å². The van der Waals surface area contributed by atoms with Gasteiger partial charge in [-0.15, -0.1) is 0 Å². The summed E-state index contributed by atoms with van der Waals surface area (Å²) in [5, 5.41) is 0. The van der Waals surface area contributed by atoms with E-state index in [1.54, 1.807) is 0 Å². The lowest BCUT2D eigenvalue weighted by molar-refractivity contribution is 0.263. The summed E-state index contributed by atoms with van der Waals surface area (Å²) < 4.78 is 25.3. The van der Waals surface area contributed by atoms with Gasteiger partial charge >= 0.3 is 0 Å². The van der Waals surface area contributed by atoms with Gasteiger partial charge in [-0.2, -0.15) is 12.7 Å². The van der Waals surface area contributed by atoms with Gasteiger partial charge in [-0.25, -0.2) is 4.72 Å².